The van der Waals surface area contributed by atoms with Gasteiger partial charge in [0.15, 0.2) is 11.5 Å². The van der Waals surface area contributed by atoms with Gasteiger partial charge in [-0.15, -0.1) is 0 Å². The van der Waals surface area contributed by atoms with Crippen LogP contribution in [0.4, 0.5) is 24.5 Å². The second-order valence-corrected chi connectivity index (χ2v) is 6.37. The summed E-state index contributed by atoms with van der Waals surface area (Å²) < 4.78 is 65.5. The summed E-state index contributed by atoms with van der Waals surface area (Å²) in [6.07, 6.45) is -5.31. The number of anilines is 2. The Morgan fingerprint density at radius 3 is 2.06 bits per heavy atom. The molecule has 1 heterocycles. The van der Waals surface area contributed by atoms with Gasteiger partial charge in [-0.25, -0.2) is 4.79 Å². The maximum Gasteiger partial charge on any atom is 0.455 e. The lowest BCUT2D eigenvalue weighted by atomic mass is 10.1. The lowest BCUT2D eigenvalue weighted by molar-refractivity contribution is -0.0886. The molecule has 170 valence electrons. The van der Waals surface area contributed by atoms with Crippen molar-refractivity contribution in [1.29, 1.82) is 0 Å². The van der Waals surface area contributed by atoms with Crippen molar-refractivity contribution in [3.05, 3.63) is 46.3 Å². The standard InChI is InChI=1S/C21H18F3NO7/c1-28-11-5-6-12-13(9-11)32-20(27)16(19(26)21(22,23)24)17(12)25-10-7-14(29-2)18(31-4)15(8-10)30-3/h5-9,25H,1-4H3. The second-order valence-electron chi connectivity index (χ2n) is 6.37. The third-order valence-electron chi connectivity index (χ3n) is 4.53. The predicted octanol–water partition coefficient (Wildman–Crippen LogP) is 4.32. The fourth-order valence-electron chi connectivity index (χ4n) is 3.08. The molecular formula is C21H18F3NO7. The van der Waals surface area contributed by atoms with E-state index in [1.807, 2.05) is 0 Å². The molecule has 0 bridgehead atoms. The second kappa shape index (κ2) is 8.69. The van der Waals surface area contributed by atoms with E-state index < -0.39 is 28.8 Å². The van der Waals surface area contributed by atoms with Crippen molar-refractivity contribution in [2.24, 2.45) is 0 Å². The number of Topliss-reactive ketones (excluding diaryl/α,β-unsaturated/α-hetero) is 1. The van der Waals surface area contributed by atoms with Crippen LogP contribution in [-0.4, -0.2) is 40.4 Å². The van der Waals surface area contributed by atoms with Crippen LogP contribution in [0.2, 0.25) is 0 Å². The van der Waals surface area contributed by atoms with Crippen LogP contribution in [0.3, 0.4) is 0 Å². The lowest BCUT2D eigenvalue weighted by Gasteiger charge is -2.17. The highest BCUT2D eigenvalue weighted by molar-refractivity contribution is 6.10. The van der Waals surface area contributed by atoms with Crippen LogP contribution >= 0.6 is 0 Å². The fraction of sp³-hybridized carbons (Fsp3) is 0.238. The van der Waals surface area contributed by atoms with Gasteiger partial charge < -0.3 is 28.7 Å². The van der Waals surface area contributed by atoms with Gasteiger partial charge in [-0.05, 0) is 12.1 Å². The van der Waals surface area contributed by atoms with E-state index in [0.717, 1.165) is 0 Å². The van der Waals surface area contributed by atoms with E-state index >= 15 is 0 Å². The minimum absolute atomic E-state index is 0.0479. The first kappa shape index (κ1) is 22.8. The molecule has 0 amide bonds. The zero-order chi connectivity index (χ0) is 23.6. The van der Waals surface area contributed by atoms with Gasteiger partial charge in [0.05, 0.1) is 34.1 Å². The average molecular weight is 453 g/mol. The van der Waals surface area contributed by atoms with Crippen LogP contribution in [0.15, 0.2) is 39.5 Å². The molecule has 1 N–H and O–H groups in total. The van der Waals surface area contributed by atoms with Crippen molar-refractivity contribution in [3.8, 4) is 23.0 Å². The van der Waals surface area contributed by atoms with Gasteiger partial charge in [-0.2, -0.15) is 13.2 Å². The number of fused-ring (bicyclic) bond motifs is 1. The van der Waals surface area contributed by atoms with Crippen LogP contribution in [0.1, 0.15) is 10.4 Å². The number of carbonyl (C=O) groups excluding carboxylic acids is 1. The molecule has 8 nitrogen and oxygen atoms in total. The number of nitrogens with one attached hydrogen (secondary N) is 1. The van der Waals surface area contributed by atoms with E-state index in [-0.39, 0.29) is 33.9 Å². The number of hydrogen-bond acceptors (Lipinski definition) is 8. The molecule has 0 radical (unpaired) electrons. The molecule has 0 spiro atoms. The van der Waals surface area contributed by atoms with E-state index in [2.05, 4.69) is 5.32 Å². The van der Waals surface area contributed by atoms with E-state index in [4.69, 9.17) is 23.4 Å². The number of ketones is 1. The molecule has 0 aliphatic rings. The maximum atomic E-state index is 13.3. The Balaban J connectivity index is 2.31. The fourth-order valence-corrected chi connectivity index (χ4v) is 3.08. The van der Waals surface area contributed by atoms with E-state index in [1.54, 1.807) is 0 Å². The van der Waals surface area contributed by atoms with E-state index in [0.29, 0.717) is 5.75 Å². The molecule has 0 atom stereocenters. The third-order valence-corrected chi connectivity index (χ3v) is 4.53. The summed E-state index contributed by atoms with van der Waals surface area (Å²) in [7, 11) is 5.48. The van der Waals surface area contributed by atoms with Gasteiger partial charge in [0.1, 0.15) is 16.9 Å². The molecule has 0 aliphatic heterocycles. The Bertz CT molecular complexity index is 1210. The van der Waals surface area contributed by atoms with Crippen molar-refractivity contribution >= 4 is 28.1 Å². The number of benzene rings is 2. The number of methoxy groups -OCH3 is 4. The Morgan fingerprint density at radius 1 is 0.938 bits per heavy atom. The van der Waals surface area contributed by atoms with Crippen molar-refractivity contribution in [1.82, 2.24) is 0 Å². The molecule has 0 saturated carbocycles. The van der Waals surface area contributed by atoms with Gasteiger partial charge in [0, 0.05) is 29.3 Å². The molecule has 2 aromatic carbocycles. The van der Waals surface area contributed by atoms with Crippen molar-refractivity contribution in [3.63, 3.8) is 0 Å². The van der Waals surface area contributed by atoms with Crippen LogP contribution in [0.25, 0.3) is 11.0 Å². The first-order chi connectivity index (χ1) is 15.1. The van der Waals surface area contributed by atoms with Crippen molar-refractivity contribution in [2.45, 2.75) is 6.18 Å². The number of halogens is 3. The summed E-state index contributed by atoms with van der Waals surface area (Å²) in [6.45, 7) is 0. The summed E-state index contributed by atoms with van der Waals surface area (Å²) in [5.41, 5.74) is -2.95. The summed E-state index contributed by atoms with van der Waals surface area (Å²) in [4.78, 5) is 24.5. The van der Waals surface area contributed by atoms with Crippen LogP contribution < -0.4 is 29.9 Å². The molecule has 3 rings (SSSR count). The first-order valence-corrected chi connectivity index (χ1v) is 8.98. The number of hydrogen-bond donors (Lipinski definition) is 1. The van der Waals surface area contributed by atoms with Gasteiger partial charge in [-0.3, -0.25) is 4.79 Å². The van der Waals surface area contributed by atoms with Gasteiger partial charge in [0.2, 0.25) is 5.75 Å². The van der Waals surface area contributed by atoms with E-state index in [1.165, 1.54) is 58.8 Å². The summed E-state index contributed by atoms with van der Waals surface area (Å²) in [6, 6.07) is 6.95. The zero-order valence-electron chi connectivity index (χ0n) is 17.4. The summed E-state index contributed by atoms with van der Waals surface area (Å²) in [5, 5.41) is 2.76. The van der Waals surface area contributed by atoms with E-state index in [9.17, 15) is 22.8 Å². The minimum atomic E-state index is -5.31. The lowest BCUT2D eigenvalue weighted by Crippen LogP contribution is -2.29. The average Bonchev–Trinajstić information content (AvgIpc) is 2.76. The van der Waals surface area contributed by atoms with Crippen molar-refractivity contribution in [2.75, 3.05) is 33.8 Å². The minimum Gasteiger partial charge on any atom is -0.497 e. The molecule has 11 heteroatoms. The number of alkyl halides is 3. The zero-order valence-corrected chi connectivity index (χ0v) is 17.4. The Morgan fingerprint density at radius 2 is 1.56 bits per heavy atom. The van der Waals surface area contributed by atoms with Crippen LogP contribution in [-0.2, 0) is 0 Å². The van der Waals surface area contributed by atoms with Crippen LogP contribution in [0, 0.1) is 0 Å². The molecule has 3 aromatic rings. The number of ether oxygens (including phenoxy) is 4. The normalized spacial score (nSPS) is 11.2. The monoisotopic (exact) mass is 453 g/mol. The molecule has 0 fully saturated rings. The molecule has 32 heavy (non-hydrogen) atoms. The third kappa shape index (κ3) is 4.13. The van der Waals surface area contributed by atoms with Crippen LogP contribution in [0.5, 0.6) is 23.0 Å². The molecule has 0 aliphatic carbocycles. The molecule has 1 aromatic heterocycles. The van der Waals surface area contributed by atoms with Gasteiger partial charge >= 0.3 is 11.8 Å². The smallest absolute Gasteiger partial charge is 0.455 e. The van der Waals surface area contributed by atoms with Gasteiger partial charge in [-0.1, -0.05) is 0 Å². The largest absolute Gasteiger partial charge is 0.497 e. The molecule has 0 saturated heterocycles. The quantitative estimate of drug-likeness (QED) is 0.418. The summed E-state index contributed by atoms with van der Waals surface area (Å²) >= 11 is 0. The highest BCUT2D eigenvalue weighted by Crippen LogP contribution is 2.42. The highest BCUT2D eigenvalue weighted by atomic mass is 19.4. The highest BCUT2D eigenvalue weighted by Gasteiger charge is 2.43. The Kier molecular flexibility index (Phi) is 6.19. The Hall–Kier alpha value is -3.89. The predicted molar refractivity (Wildman–Crippen MR) is 109 cm³/mol. The van der Waals surface area contributed by atoms with Crippen molar-refractivity contribution < 1.29 is 41.3 Å². The topological polar surface area (TPSA) is 96.2 Å². The molecular weight excluding hydrogens is 435 g/mol. The Labute approximate surface area is 179 Å². The SMILES string of the molecule is COc1ccc2c(Nc3cc(OC)c(OC)c(OC)c3)c(C(=O)C(F)(F)F)c(=O)oc2c1. The molecule has 0 unspecified atom stereocenters. The summed E-state index contributed by atoms with van der Waals surface area (Å²) in [5.74, 6) is -1.40. The van der Waals surface area contributed by atoms with Gasteiger partial charge in [0.25, 0.3) is 5.78 Å². The number of rotatable bonds is 7. The first-order valence-electron chi connectivity index (χ1n) is 8.98. The number of carbonyl (C=O) groups is 1. The maximum absolute atomic E-state index is 13.3.